The van der Waals surface area contributed by atoms with Gasteiger partial charge in [0.2, 0.25) is 0 Å². The number of nitrogens with one attached hydrogen (secondary N) is 1. The van der Waals surface area contributed by atoms with E-state index in [1.807, 2.05) is 36.1 Å². The number of tetrazole rings is 1. The molecule has 0 aliphatic rings. The Morgan fingerprint density at radius 3 is 2.90 bits per heavy atom. The van der Waals surface area contributed by atoms with Crippen molar-refractivity contribution in [2.24, 2.45) is 0 Å². The smallest absolute Gasteiger partial charge is 0.327 e. The quantitative estimate of drug-likeness (QED) is 0.466. The fourth-order valence-corrected chi connectivity index (χ4v) is 3.23. The summed E-state index contributed by atoms with van der Waals surface area (Å²) in [5, 5.41) is 21.7. The number of esters is 1. The van der Waals surface area contributed by atoms with E-state index in [0.717, 1.165) is 16.5 Å². The summed E-state index contributed by atoms with van der Waals surface area (Å²) in [5.74, 6) is 0.0587. The lowest BCUT2D eigenvalue weighted by atomic mass is 10.1. The first-order valence-electron chi connectivity index (χ1n) is 9.86. The molecule has 0 saturated carbocycles. The molecule has 0 aliphatic carbocycles. The van der Waals surface area contributed by atoms with Crippen molar-refractivity contribution in [3.8, 4) is 0 Å². The van der Waals surface area contributed by atoms with Crippen LogP contribution in [-0.2, 0) is 29.2 Å². The molecule has 0 amide bonds. The largest absolute Gasteiger partial charge is 0.465 e. The van der Waals surface area contributed by atoms with E-state index in [2.05, 4.69) is 20.5 Å². The Kier molecular flexibility index (Phi) is 7.26. The van der Waals surface area contributed by atoms with E-state index in [0.29, 0.717) is 37.4 Å². The molecule has 0 bridgehead atoms. The lowest BCUT2D eigenvalue weighted by Gasteiger charge is -2.21. The molecule has 0 fully saturated rings. The molecule has 10 heteroatoms. The summed E-state index contributed by atoms with van der Waals surface area (Å²) in [6.07, 6.45) is 0.532. The number of aliphatic hydroxyl groups excluding tert-OH is 1. The molecular weight excluding hydrogens is 388 g/mol. The third-order valence-corrected chi connectivity index (χ3v) is 4.66. The first-order chi connectivity index (χ1) is 14.5. The Morgan fingerprint density at radius 2 is 2.13 bits per heavy atom. The van der Waals surface area contributed by atoms with Crippen molar-refractivity contribution in [1.82, 2.24) is 30.1 Å². The van der Waals surface area contributed by atoms with Crippen LogP contribution in [0.15, 0.2) is 29.1 Å². The standard InChI is InChI=1S/C20H26N6O4/c1-3-30-19(28)13-26-18(22-23-24-26)12-25(7-4-8-27)11-16-10-15-9-14(2)5-6-17(15)21-20(16)29/h5-6,9-10,27H,3-4,7-8,11-13H2,1-2H3,(H,21,29). The number of aliphatic hydroxyl groups is 1. The molecular formula is C20H26N6O4. The van der Waals surface area contributed by atoms with Gasteiger partial charge in [-0.25, -0.2) is 4.68 Å². The van der Waals surface area contributed by atoms with E-state index in [1.54, 1.807) is 6.92 Å². The van der Waals surface area contributed by atoms with Gasteiger partial charge in [-0.2, -0.15) is 0 Å². The van der Waals surface area contributed by atoms with E-state index in [1.165, 1.54) is 4.68 Å². The fourth-order valence-electron chi connectivity index (χ4n) is 3.23. The minimum absolute atomic E-state index is 0.0253. The average Bonchev–Trinajstić information content (AvgIpc) is 3.13. The van der Waals surface area contributed by atoms with Gasteiger partial charge in [-0.3, -0.25) is 14.5 Å². The summed E-state index contributed by atoms with van der Waals surface area (Å²) in [5.41, 5.74) is 2.34. The van der Waals surface area contributed by atoms with Gasteiger partial charge in [-0.1, -0.05) is 11.6 Å². The highest BCUT2D eigenvalue weighted by molar-refractivity contribution is 5.79. The van der Waals surface area contributed by atoms with Gasteiger partial charge >= 0.3 is 5.97 Å². The van der Waals surface area contributed by atoms with Gasteiger partial charge in [0.15, 0.2) is 5.82 Å². The highest BCUT2D eigenvalue weighted by Gasteiger charge is 2.17. The number of carbonyl (C=O) groups is 1. The van der Waals surface area contributed by atoms with E-state index in [4.69, 9.17) is 4.74 Å². The second-order valence-corrected chi connectivity index (χ2v) is 7.06. The lowest BCUT2D eigenvalue weighted by molar-refractivity contribution is -0.144. The van der Waals surface area contributed by atoms with E-state index in [-0.39, 0.29) is 25.3 Å². The molecule has 3 rings (SSSR count). The summed E-state index contributed by atoms with van der Waals surface area (Å²) in [6.45, 7) is 5.16. The number of benzene rings is 1. The van der Waals surface area contributed by atoms with E-state index < -0.39 is 5.97 Å². The highest BCUT2D eigenvalue weighted by Crippen LogP contribution is 2.15. The maximum atomic E-state index is 12.6. The van der Waals surface area contributed by atoms with Crippen molar-refractivity contribution in [3.63, 3.8) is 0 Å². The SMILES string of the molecule is CCOC(=O)Cn1nnnc1CN(CCCO)Cc1cc2cc(C)ccc2[nH]c1=O. The molecule has 0 aliphatic heterocycles. The van der Waals surface area contributed by atoms with Crippen molar-refractivity contribution in [3.05, 3.63) is 51.6 Å². The van der Waals surface area contributed by atoms with Crippen LogP contribution in [0.5, 0.6) is 0 Å². The summed E-state index contributed by atoms with van der Waals surface area (Å²) < 4.78 is 6.34. The van der Waals surface area contributed by atoms with Crippen molar-refractivity contribution < 1.29 is 14.6 Å². The molecule has 0 saturated heterocycles. The molecule has 30 heavy (non-hydrogen) atoms. The number of aryl methyl sites for hydroxylation is 1. The Balaban J connectivity index is 1.81. The van der Waals surface area contributed by atoms with Gasteiger partial charge in [-0.15, -0.1) is 5.10 Å². The Hall–Kier alpha value is -3.11. The second-order valence-electron chi connectivity index (χ2n) is 7.06. The van der Waals surface area contributed by atoms with E-state index >= 15 is 0 Å². The molecule has 3 aromatic rings. The monoisotopic (exact) mass is 414 g/mol. The number of hydrogen-bond acceptors (Lipinski definition) is 8. The third-order valence-electron chi connectivity index (χ3n) is 4.66. The molecule has 1 aromatic carbocycles. The van der Waals surface area contributed by atoms with Crippen LogP contribution in [-0.4, -0.2) is 60.9 Å². The second kappa shape index (κ2) is 10.1. The van der Waals surface area contributed by atoms with Gasteiger partial charge < -0.3 is 14.8 Å². The number of pyridine rings is 1. The minimum atomic E-state index is -0.422. The fraction of sp³-hybridized carbons (Fsp3) is 0.450. The lowest BCUT2D eigenvalue weighted by Crippen LogP contribution is -2.30. The number of H-pyrrole nitrogens is 1. The molecule has 0 spiro atoms. The number of ether oxygens (including phenoxy) is 1. The van der Waals surface area contributed by atoms with Gasteiger partial charge in [0.1, 0.15) is 6.54 Å². The van der Waals surface area contributed by atoms with E-state index in [9.17, 15) is 14.7 Å². The van der Waals surface area contributed by atoms with Crippen LogP contribution >= 0.6 is 0 Å². The van der Waals surface area contributed by atoms with Crippen LogP contribution in [0.4, 0.5) is 0 Å². The van der Waals surface area contributed by atoms with Gasteiger partial charge in [0.25, 0.3) is 5.56 Å². The molecule has 2 heterocycles. The minimum Gasteiger partial charge on any atom is -0.465 e. The summed E-state index contributed by atoms with van der Waals surface area (Å²) in [7, 11) is 0. The third kappa shape index (κ3) is 5.49. The zero-order valence-electron chi connectivity index (χ0n) is 17.2. The molecule has 0 unspecified atom stereocenters. The number of nitrogens with zero attached hydrogens (tertiary/aromatic N) is 5. The normalized spacial score (nSPS) is 11.3. The molecule has 10 nitrogen and oxygen atoms in total. The van der Waals surface area contributed by atoms with Gasteiger partial charge in [0.05, 0.1) is 13.2 Å². The van der Waals surface area contributed by atoms with Crippen LogP contribution in [0.2, 0.25) is 0 Å². The number of hydrogen-bond donors (Lipinski definition) is 2. The summed E-state index contributed by atoms with van der Waals surface area (Å²) >= 11 is 0. The Bertz CT molecular complexity index is 1060. The number of carbonyl (C=O) groups excluding carboxylic acids is 1. The molecule has 2 aromatic heterocycles. The summed E-state index contributed by atoms with van der Waals surface area (Å²) in [6, 6.07) is 7.75. The number of rotatable bonds is 10. The van der Waals surface area contributed by atoms with Crippen LogP contribution < -0.4 is 5.56 Å². The Labute approximate surface area is 173 Å². The maximum absolute atomic E-state index is 12.6. The van der Waals surface area contributed by atoms with Crippen LogP contribution in [0.3, 0.4) is 0 Å². The van der Waals surface area contributed by atoms with Gasteiger partial charge in [-0.05, 0) is 54.3 Å². The first kappa shape index (κ1) is 21.6. The van der Waals surface area contributed by atoms with Crippen LogP contribution in [0.1, 0.15) is 30.3 Å². The topological polar surface area (TPSA) is 126 Å². The number of fused-ring (bicyclic) bond motifs is 1. The molecule has 160 valence electrons. The number of aromatic nitrogens is 5. The predicted molar refractivity (Wildman–Crippen MR) is 110 cm³/mol. The predicted octanol–water partition coefficient (Wildman–Crippen LogP) is 0.771. The highest BCUT2D eigenvalue weighted by atomic mass is 16.5. The van der Waals surface area contributed by atoms with Gasteiger partial charge in [0, 0.05) is 30.8 Å². The van der Waals surface area contributed by atoms with Crippen molar-refractivity contribution in [1.29, 1.82) is 0 Å². The first-order valence-corrected chi connectivity index (χ1v) is 9.86. The van der Waals surface area contributed by atoms with Crippen LogP contribution in [0, 0.1) is 6.92 Å². The van der Waals surface area contributed by atoms with Crippen molar-refractivity contribution in [2.75, 3.05) is 19.8 Å². The number of aromatic amines is 1. The molecule has 2 N–H and O–H groups in total. The molecule has 0 atom stereocenters. The van der Waals surface area contributed by atoms with Crippen LogP contribution in [0.25, 0.3) is 10.9 Å². The zero-order chi connectivity index (χ0) is 21.5. The zero-order valence-corrected chi connectivity index (χ0v) is 17.2. The maximum Gasteiger partial charge on any atom is 0.327 e. The van der Waals surface area contributed by atoms with Crippen molar-refractivity contribution >= 4 is 16.9 Å². The summed E-state index contributed by atoms with van der Waals surface area (Å²) in [4.78, 5) is 29.2. The molecule has 0 radical (unpaired) electrons. The Morgan fingerprint density at radius 1 is 1.30 bits per heavy atom. The average molecular weight is 414 g/mol. The van der Waals surface area contributed by atoms with Crippen molar-refractivity contribution in [2.45, 2.75) is 39.9 Å².